The molecule has 0 N–H and O–H groups in total. The first-order valence-electron chi connectivity index (χ1n) is 2.99. The van der Waals surface area contributed by atoms with Crippen molar-refractivity contribution in [3.8, 4) is 0 Å². The van der Waals surface area contributed by atoms with Crippen LogP contribution in [0.5, 0.6) is 0 Å². The molecule has 0 aliphatic heterocycles. The quantitative estimate of drug-likeness (QED) is 0.683. The molecule has 0 unspecified atom stereocenters. The van der Waals surface area contributed by atoms with Crippen LogP contribution in [0, 0.1) is 6.92 Å². The SMILES string of the molecule is Cc1ccccc1C(=O)[Te]. The van der Waals surface area contributed by atoms with Crippen molar-refractivity contribution >= 4 is 26.1 Å². The van der Waals surface area contributed by atoms with E-state index < -0.39 is 0 Å². The summed E-state index contributed by atoms with van der Waals surface area (Å²) in [4.78, 5) is 10.9. The van der Waals surface area contributed by atoms with Gasteiger partial charge in [-0.2, -0.15) is 0 Å². The van der Waals surface area contributed by atoms with Crippen molar-refractivity contribution in [2.24, 2.45) is 0 Å². The van der Waals surface area contributed by atoms with Gasteiger partial charge in [-0.25, -0.2) is 0 Å². The van der Waals surface area contributed by atoms with Crippen LogP contribution in [-0.2, 0) is 0 Å². The summed E-state index contributed by atoms with van der Waals surface area (Å²) in [7, 11) is 0. The second kappa shape index (κ2) is 3.18. The predicted octanol–water partition coefficient (Wildman–Crippen LogP) is 1.30. The molecule has 0 spiro atoms. The van der Waals surface area contributed by atoms with Crippen molar-refractivity contribution in [3.05, 3.63) is 35.4 Å². The van der Waals surface area contributed by atoms with E-state index in [9.17, 15) is 4.79 Å². The zero-order valence-corrected chi connectivity index (χ0v) is 7.96. The van der Waals surface area contributed by atoms with E-state index in [2.05, 4.69) is 0 Å². The van der Waals surface area contributed by atoms with Crippen LogP contribution in [0.25, 0.3) is 0 Å². The standard InChI is InChI=1S/C8H7OTe/c1-6-4-2-3-5-7(6)8(9)10/h2-5H,1H3. The van der Waals surface area contributed by atoms with Crippen LogP contribution in [0.1, 0.15) is 15.9 Å². The van der Waals surface area contributed by atoms with Gasteiger partial charge in [0.25, 0.3) is 0 Å². The molecule has 1 nitrogen and oxygen atoms in total. The fraction of sp³-hybridized carbons (Fsp3) is 0.125. The molecule has 0 fully saturated rings. The number of aryl methyl sites for hydroxylation is 1. The van der Waals surface area contributed by atoms with Gasteiger partial charge in [0, 0.05) is 0 Å². The van der Waals surface area contributed by atoms with Crippen LogP contribution < -0.4 is 0 Å². The van der Waals surface area contributed by atoms with E-state index in [0.29, 0.717) is 0 Å². The fourth-order valence-electron chi connectivity index (χ4n) is 0.802. The molecule has 1 rings (SSSR count). The second-order valence-corrected chi connectivity index (χ2v) is 3.16. The summed E-state index contributed by atoms with van der Waals surface area (Å²) in [6, 6.07) is 7.60. The molecule has 1 radical (unpaired) electrons. The fourth-order valence-corrected chi connectivity index (χ4v) is 1.46. The maximum atomic E-state index is 10.9. The summed E-state index contributed by atoms with van der Waals surface area (Å²) in [5, 5.41) is 0. The van der Waals surface area contributed by atoms with Gasteiger partial charge in [0.1, 0.15) is 0 Å². The first-order chi connectivity index (χ1) is 4.72. The molecule has 10 heavy (non-hydrogen) atoms. The Labute approximate surface area is 73.3 Å². The Morgan fingerprint density at radius 2 is 2.00 bits per heavy atom. The van der Waals surface area contributed by atoms with E-state index in [-0.39, 0.29) is 3.83 Å². The van der Waals surface area contributed by atoms with E-state index in [1.807, 2.05) is 31.2 Å². The minimum absolute atomic E-state index is 0.147. The van der Waals surface area contributed by atoms with E-state index in [4.69, 9.17) is 0 Å². The first kappa shape index (κ1) is 7.78. The van der Waals surface area contributed by atoms with Gasteiger partial charge in [-0.05, 0) is 0 Å². The maximum absolute atomic E-state index is 10.9. The van der Waals surface area contributed by atoms with Gasteiger partial charge in [0.15, 0.2) is 0 Å². The molecule has 0 saturated heterocycles. The molecule has 2 heteroatoms. The Hall–Kier alpha value is -0.320. The van der Waals surface area contributed by atoms with Crippen LogP contribution in [0.3, 0.4) is 0 Å². The molecule has 0 saturated carbocycles. The molecule has 0 aromatic heterocycles. The van der Waals surface area contributed by atoms with Crippen molar-refractivity contribution in [3.63, 3.8) is 0 Å². The molecule has 0 bridgehead atoms. The van der Waals surface area contributed by atoms with Crippen molar-refractivity contribution in [1.82, 2.24) is 0 Å². The average molecular weight is 247 g/mol. The molecular formula is C8H7OTe. The van der Waals surface area contributed by atoms with Gasteiger partial charge >= 0.3 is 73.2 Å². The Bertz CT molecular complexity index is 255. The third-order valence-electron chi connectivity index (χ3n) is 1.36. The molecule has 0 aliphatic carbocycles. The number of benzene rings is 1. The topological polar surface area (TPSA) is 17.1 Å². The summed E-state index contributed by atoms with van der Waals surface area (Å²) in [5.41, 5.74) is 1.88. The molecule has 0 amide bonds. The molecule has 0 heterocycles. The number of rotatable bonds is 1. The second-order valence-electron chi connectivity index (χ2n) is 2.10. The van der Waals surface area contributed by atoms with Gasteiger partial charge in [0.2, 0.25) is 0 Å². The van der Waals surface area contributed by atoms with E-state index in [0.717, 1.165) is 11.1 Å². The van der Waals surface area contributed by atoms with Crippen LogP contribution in [-0.4, -0.2) is 26.1 Å². The van der Waals surface area contributed by atoms with Crippen molar-refractivity contribution in [2.75, 3.05) is 0 Å². The number of carbonyl (C=O) groups is 1. The zero-order valence-electron chi connectivity index (χ0n) is 5.63. The normalized spacial score (nSPS) is 9.30. The van der Waals surface area contributed by atoms with E-state index >= 15 is 0 Å². The van der Waals surface area contributed by atoms with Crippen molar-refractivity contribution < 1.29 is 4.79 Å². The number of hydrogen-bond acceptors (Lipinski definition) is 1. The van der Waals surface area contributed by atoms with Crippen LogP contribution in [0.4, 0.5) is 0 Å². The summed E-state index contributed by atoms with van der Waals surface area (Å²) >= 11 is 1.52. The Balaban J connectivity index is 3.15. The third kappa shape index (κ3) is 1.59. The molecular weight excluding hydrogens is 240 g/mol. The molecule has 0 atom stereocenters. The summed E-state index contributed by atoms with van der Waals surface area (Å²) < 4.78 is 0.147. The Kier molecular flexibility index (Phi) is 2.48. The van der Waals surface area contributed by atoms with Crippen LogP contribution in [0.15, 0.2) is 24.3 Å². The molecule has 1 aromatic rings. The van der Waals surface area contributed by atoms with Gasteiger partial charge in [-0.1, -0.05) is 0 Å². The van der Waals surface area contributed by atoms with Crippen molar-refractivity contribution in [2.45, 2.75) is 6.92 Å². The summed E-state index contributed by atoms with van der Waals surface area (Å²) in [6.07, 6.45) is 0. The average Bonchev–Trinajstić information content (AvgIpc) is 1.88. The van der Waals surface area contributed by atoms with Gasteiger partial charge in [-0.3, -0.25) is 0 Å². The van der Waals surface area contributed by atoms with Gasteiger partial charge < -0.3 is 0 Å². The molecule has 1 aromatic carbocycles. The zero-order chi connectivity index (χ0) is 7.56. The summed E-state index contributed by atoms with van der Waals surface area (Å²) in [6.45, 7) is 1.94. The molecule has 0 aliphatic rings. The number of carbonyl (C=O) groups excluding carboxylic acids is 1. The summed E-state index contributed by atoms with van der Waals surface area (Å²) in [5.74, 6) is 0. The first-order valence-corrected chi connectivity index (χ1v) is 4.15. The third-order valence-corrected chi connectivity index (χ3v) is 1.99. The van der Waals surface area contributed by atoms with E-state index in [1.165, 1.54) is 22.3 Å². The van der Waals surface area contributed by atoms with Gasteiger partial charge in [-0.15, -0.1) is 0 Å². The Morgan fingerprint density at radius 3 is 2.40 bits per heavy atom. The van der Waals surface area contributed by atoms with E-state index in [1.54, 1.807) is 0 Å². The van der Waals surface area contributed by atoms with Crippen LogP contribution >= 0.6 is 0 Å². The number of hydrogen-bond donors (Lipinski definition) is 0. The van der Waals surface area contributed by atoms with Crippen LogP contribution in [0.2, 0.25) is 0 Å². The monoisotopic (exact) mass is 249 g/mol. The predicted molar refractivity (Wildman–Crippen MR) is 41.3 cm³/mol. The van der Waals surface area contributed by atoms with Gasteiger partial charge in [0.05, 0.1) is 0 Å². The Morgan fingerprint density at radius 1 is 1.40 bits per heavy atom. The van der Waals surface area contributed by atoms with Crippen molar-refractivity contribution in [1.29, 1.82) is 0 Å². The molecule has 51 valence electrons. The minimum atomic E-state index is 0.147.